The monoisotopic (exact) mass is 256 g/mol. The van der Waals surface area contributed by atoms with Crippen molar-refractivity contribution in [1.82, 2.24) is 9.78 Å². The van der Waals surface area contributed by atoms with Crippen molar-refractivity contribution in [3.05, 3.63) is 46.8 Å². The summed E-state index contributed by atoms with van der Waals surface area (Å²) in [5.41, 5.74) is 5.02. The summed E-state index contributed by atoms with van der Waals surface area (Å²) in [6.07, 6.45) is 4.91. The number of hydrogen-bond acceptors (Lipinski definition) is 2. The van der Waals surface area contributed by atoms with Gasteiger partial charge in [0, 0.05) is 12.7 Å². The molecule has 3 rings (SSSR count). The predicted molar refractivity (Wildman–Crippen MR) is 75.4 cm³/mol. The van der Waals surface area contributed by atoms with Crippen molar-refractivity contribution < 1.29 is 4.74 Å². The normalized spacial score (nSPS) is 14.2. The van der Waals surface area contributed by atoms with Gasteiger partial charge in [-0.1, -0.05) is 12.1 Å². The Kier molecular flexibility index (Phi) is 3.28. The first-order valence-corrected chi connectivity index (χ1v) is 6.97. The minimum Gasteiger partial charge on any atom is -0.487 e. The minimum absolute atomic E-state index is 0.554. The number of benzene rings is 1. The number of hydrogen-bond donors (Lipinski definition) is 0. The van der Waals surface area contributed by atoms with Crippen LogP contribution in [-0.4, -0.2) is 9.78 Å². The molecule has 1 heterocycles. The lowest BCUT2D eigenvalue weighted by Gasteiger charge is -2.19. The van der Waals surface area contributed by atoms with Gasteiger partial charge >= 0.3 is 0 Å². The van der Waals surface area contributed by atoms with Gasteiger partial charge in [0.05, 0.1) is 0 Å². The zero-order valence-electron chi connectivity index (χ0n) is 11.6. The van der Waals surface area contributed by atoms with Gasteiger partial charge in [-0.25, -0.2) is 0 Å². The van der Waals surface area contributed by atoms with Crippen LogP contribution in [0.1, 0.15) is 35.4 Å². The topological polar surface area (TPSA) is 27.1 Å². The van der Waals surface area contributed by atoms with E-state index in [-0.39, 0.29) is 0 Å². The van der Waals surface area contributed by atoms with Gasteiger partial charge in [-0.2, -0.15) is 5.10 Å². The summed E-state index contributed by atoms with van der Waals surface area (Å²) in [7, 11) is 1.96. The maximum Gasteiger partial charge on any atom is 0.132 e. The van der Waals surface area contributed by atoms with E-state index in [1.807, 2.05) is 11.7 Å². The second-order valence-corrected chi connectivity index (χ2v) is 5.29. The fraction of sp³-hybridized carbons (Fsp3) is 0.438. The van der Waals surface area contributed by atoms with E-state index >= 15 is 0 Å². The van der Waals surface area contributed by atoms with Crippen molar-refractivity contribution in [3.8, 4) is 5.75 Å². The largest absolute Gasteiger partial charge is 0.487 e. The van der Waals surface area contributed by atoms with Crippen LogP contribution in [0.25, 0.3) is 0 Å². The van der Waals surface area contributed by atoms with E-state index < -0.39 is 0 Å². The molecule has 0 atom stereocenters. The van der Waals surface area contributed by atoms with Crippen LogP contribution < -0.4 is 4.74 Å². The summed E-state index contributed by atoms with van der Waals surface area (Å²) in [4.78, 5) is 0. The lowest BCUT2D eigenvalue weighted by molar-refractivity contribution is 0.295. The van der Waals surface area contributed by atoms with Gasteiger partial charge in [0.15, 0.2) is 0 Å². The molecular weight excluding hydrogens is 236 g/mol. The minimum atomic E-state index is 0.554. The maximum absolute atomic E-state index is 5.98. The molecule has 3 nitrogen and oxygen atoms in total. The van der Waals surface area contributed by atoms with Gasteiger partial charge in [-0.05, 0) is 55.9 Å². The predicted octanol–water partition coefficient (Wildman–Crippen LogP) is 3.19. The van der Waals surface area contributed by atoms with Crippen LogP contribution in [0, 0.1) is 6.92 Å². The Morgan fingerprint density at radius 1 is 1.26 bits per heavy atom. The van der Waals surface area contributed by atoms with Crippen molar-refractivity contribution in [1.29, 1.82) is 0 Å². The van der Waals surface area contributed by atoms with Crippen LogP contribution in [0.3, 0.4) is 0 Å². The van der Waals surface area contributed by atoms with Gasteiger partial charge in [0.1, 0.15) is 18.1 Å². The second kappa shape index (κ2) is 5.08. The van der Waals surface area contributed by atoms with Gasteiger partial charge in [-0.3, -0.25) is 4.68 Å². The smallest absolute Gasteiger partial charge is 0.132 e. The van der Waals surface area contributed by atoms with Gasteiger partial charge in [0.25, 0.3) is 0 Å². The molecule has 0 saturated heterocycles. The molecule has 0 unspecified atom stereocenters. The maximum atomic E-state index is 5.98. The van der Waals surface area contributed by atoms with Crippen LogP contribution in [0.5, 0.6) is 5.75 Å². The molecule has 1 aliphatic rings. The van der Waals surface area contributed by atoms with E-state index in [2.05, 4.69) is 36.3 Å². The van der Waals surface area contributed by atoms with Crippen molar-refractivity contribution in [2.75, 3.05) is 0 Å². The van der Waals surface area contributed by atoms with Crippen LogP contribution in [-0.2, 0) is 26.5 Å². The lowest BCUT2D eigenvalue weighted by atomic mass is 9.91. The SMILES string of the molecule is Cc1cc(COc2cccc3c2CCCC3)nn1C. The first-order valence-electron chi connectivity index (χ1n) is 6.97. The van der Waals surface area contributed by atoms with Gasteiger partial charge in [-0.15, -0.1) is 0 Å². The summed E-state index contributed by atoms with van der Waals surface area (Å²) in [5, 5.41) is 4.43. The highest BCUT2D eigenvalue weighted by molar-refractivity contribution is 5.41. The molecule has 0 bridgehead atoms. The van der Waals surface area contributed by atoms with Crippen LogP contribution in [0.4, 0.5) is 0 Å². The molecule has 100 valence electrons. The van der Waals surface area contributed by atoms with Crippen LogP contribution in [0.2, 0.25) is 0 Å². The second-order valence-electron chi connectivity index (χ2n) is 5.29. The Bertz CT molecular complexity index is 567. The number of aromatic nitrogens is 2. The van der Waals surface area contributed by atoms with Gasteiger partial charge in [0.2, 0.25) is 0 Å². The number of nitrogens with zero attached hydrogens (tertiary/aromatic N) is 2. The third kappa shape index (κ3) is 2.50. The third-order valence-electron chi connectivity index (χ3n) is 3.89. The lowest BCUT2D eigenvalue weighted by Crippen LogP contribution is -2.06. The highest BCUT2D eigenvalue weighted by Crippen LogP contribution is 2.29. The van der Waals surface area contributed by atoms with Crippen molar-refractivity contribution >= 4 is 0 Å². The first-order chi connectivity index (χ1) is 9.24. The molecule has 0 radical (unpaired) electrons. The molecule has 19 heavy (non-hydrogen) atoms. The fourth-order valence-corrected chi connectivity index (χ4v) is 2.74. The molecule has 1 aliphatic carbocycles. The molecule has 0 aliphatic heterocycles. The Labute approximate surface area is 114 Å². The molecule has 1 aromatic carbocycles. The average Bonchev–Trinajstić information content (AvgIpc) is 2.75. The molecule has 1 aromatic heterocycles. The first kappa shape index (κ1) is 12.3. The Morgan fingerprint density at radius 3 is 2.89 bits per heavy atom. The van der Waals surface area contributed by atoms with Gasteiger partial charge < -0.3 is 4.74 Å². The summed E-state index contributed by atoms with van der Waals surface area (Å²) in [6.45, 7) is 2.61. The molecule has 0 saturated carbocycles. The summed E-state index contributed by atoms with van der Waals surface area (Å²) in [6, 6.07) is 8.49. The zero-order chi connectivity index (χ0) is 13.2. The summed E-state index contributed by atoms with van der Waals surface area (Å²) < 4.78 is 7.87. The highest BCUT2D eigenvalue weighted by Gasteiger charge is 2.14. The van der Waals surface area contributed by atoms with E-state index in [0.29, 0.717) is 6.61 Å². The Balaban J connectivity index is 1.76. The van der Waals surface area contributed by atoms with E-state index in [1.54, 1.807) is 0 Å². The van der Waals surface area contributed by atoms with E-state index in [1.165, 1.54) is 30.4 Å². The Hall–Kier alpha value is -1.77. The van der Waals surface area contributed by atoms with E-state index in [4.69, 9.17) is 4.74 Å². The quantitative estimate of drug-likeness (QED) is 0.843. The van der Waals surface area contributed by atoms with E-state index in [0.717, 1.165) is 23.6 Å². The number of fused-ring (bicyclic) bond motifs is 1. The molecule has 3 heteroatoms. The molecule has 0 fully saturated rings. The molecule has 0 spiro atoms. The fourth-order valence-electron chi connectivity index (χ4n) is 2.74. The zero-order valence-corrected chi connectivity index (χ0v) is 11.6. The Morgan fingerprint density at radius 2 is 2.11 bits per heavy atom. The number of ether oxygens (including phenoxy) is 1. The summed E-state index contributed by atoms with van der Waals surface area (Å²) in [5.74, 6) is 1.04. The van der Waals surface area contributed by atoms with Crippen molar-refractivity contribution in [3.63, 3.8) is 0 Å². The average molecular weight is 256 g/mol. The van der Waals surface area contributed by atoms with Crippen molar-refractivity contribution in [2.45, 2.75) is 39.2 Å². The molecule has 0 amide bonds. The van der Waals surface area contributed by atoms with Crippen LogP contribution >= 0.6 is 0 Å². The summed E-state index contributed by atoms with van der Waals surface area (Å²) >= 11 is 0. The molecular formula is C16H20N2O. The third-order valence-corrected chi connectivity index (χ3v) is 3.89. The standard InChI is InChI=1S/C16H20N2O/c1-12-10-14(17-18(12)2)11-19-16-9-5-7-13-6-3-4-8-15(13)16/h5,7,9-10H,3-4,6,8,11H2,1-2H3. The molecule has 2 aromatic rings. The highest BCUT2D eigenvalue weighted by atomic mass is 16.5. The van der Waals surface area contributed by atoms with Crippen molar-refractivity contribution in [2.24, 2.45) is 7.05 Å². The van der Waals surface area contributed by atoms with Crippen LogP contribution in [0.15, 0.2) is 24.3 Å². The van der Waals surface area contributed by atoms with E-state index in [9.17, 15) is 0 Å². The number of rotatable bonds is 3. The molecule has 0 N–H and O–H groups in total. The number of aryl methyl sites for hydroxylation is 3.